The third-order valence-electron chi connectivity index (χ3n) is 4.99. The molecule has 3 aromatic carbocycles. The van der Waals surface area contributed by atoms with Gasteiger partial charge in [0.25, 0.3) is 0 Å². The van der Waals surface area contributed by atoms with Gasteiger partial charge >= 0.3 is 0 Å². The lowest BCUT2D eigenvalue weighted by Crippen LogP contribution is -2.11. The van der Waals surface area contributed by atoms with Crippen molar-refractivity contribution in [2.45, 2.75) is 32.6 Å². The predicted molar refractivity (Wildman–Crippen MR) is 105 cm³/mol. The van der Waals surface area contributed by atoms with Crippen molar-refractivity contribution in [2.75, 3.05) is 0 Å². The van der Waals surface area contributed by atoms with Crippen LogP contribution in [-0.4, -0.2) is 0 Å². The summed E-state index contributed by atoms with van der Waals surface area (Å²) in [5.41, 5.74) is 6.72. The van der Waals surface area contributed by atoms with Crippen molar-refractivity contribution in [1.82, 2.24) is 0 Å². The highest BCUT2D eigenvalue weighted by atomic mass is 16.5. The molecule has 0 bridgehead atoms. The second kappa shape index (κ2) is 6.04. The number of nitriles is 1. The molecule has 0 radical (unpaired) electrons. The Morgan fingerprint density at radius 2 is 1.65 bits per heavy atom. The number of rotatable bonds is 2. The van der Waals surface area contributed by atoms with Crippen LogP contribution in [0.1, 0.15) is 43.0 Å². The van der Waals surface area contributed by atoms with E-state index in [4.69, 9.17) is 4.74 Å². The number of hydrogen-bond acceptors (Lipinski definition) is 2. The van der Waals surface area contributed by atoms with E-state index in [-0.39, 0.29) is 5.41 Å². The van der Waals surface area contributed by atoms with Gasteiger partial charge in [0, 0.05) is 12.0 Å². The van der Waals surface area contributed by atoms with E-state index in [0.717, 1.165) is 17.7 Å². The molecule has 0 saturated heterocycles. The van der Waals surface area contributed by atoms with Crippen molar-refractivity contribution in [3.05, 3.63) is 82.9 Å². The quantitative estimate of drug-likeness (QED) is 0.434. The lowest BCUT2D eigenvalue weighted by molar-refractivity contribution is 0.475. The molecule has 0 amide bonds. The van der Waals surface area contributed by atoms with E-state index in [0.29, 0.717) is 11.3 Å². The molecule has 2 nitrogen and oxygen atoms in total. The van der Waals surface area contributed by atoms with E-state index >= 15 is 0 Å². The molecule has 0 unspecified atom stereocenters. The van der Waals surface area contributed by atoms with Gasteiger partial charge in [-0.15, -0.1) is 0 Å². The highest BCUT2D eigenvalue weighted by Crippen LogP contribution is 2.42. The average Bonchev–Trinajstić information content (AvgIpc) is 3.01. The van der Waals surface area contributed by atoms with Crippen LogP contribution in [0.5, 0.6) is 11.5 Å². The molecular formula is C24H21NO. The van der Waals surface area contributed by atoms with Crippen molar-refractivity contribution in [2.24, 2.45) is 0 Å². The van der Waals surface area contributed by atoms with E-state index in [1.54, 1.807) is 0 Å². The summed E-state index contributed by atoms with van der Waals surface area (Å²) in [6.45, 7) is 6.43. The first-order valence-electron chi connectivity index (χ1n) is 8.90. The Balaban J connectivity index is 1.73. The number of ether oxygens (including phenoxy) is 1. The summed E-state index contributed by atoms with van der Waals surface area (Å²) >= 11 is 0. The number of hydrogen-bond donors (Lipinski definition) is 0. The van der Waals surface area contributed by atoms with Gasteiger partial charge in [-0.2, -0.15) is 5.26 Å². The second-order valence-electron chi connectivity index (χ2n) is 7.79. The van der Waals surface area contributed by atoms with Crippen LogP contribution >= 0.6 is 0 Å². The number of nitrogens with zero attached hydrogens (tertiary/aromatic N) is 1. The summed E-state index contributed by atoms with van der Waals surface area (Å²) < 4.78 is 6.22. The van der Waals surface area contributed by atoms with Crippen molar-refractivity contribution in [1.29, 1.82) is 5.26 Å². The van der Waals surface area contributed by atoms with Crippen LogP contribution < -0.4 is 4.74 Å². The fourth-order valence-corrected chi connectivity index (χ4v) is 3.51. The molecule has 0 fully saturated rings. The minimum Gasteiger partial charge on any atom is -0.456 e. The maximum atomic E-state index is 9.59. The Labute approximate surface area is 154 Å². The first kappa shape index (κ1) is 16.4. The second-order valence-corrected chi connectivity index (χ2v) is 7.79. The average molecular weight is 339 g/mol. The Hall–Kier alpha value is -3.05. The topological polar surface area (TPSA) is 33.0 Å². The maximum absolute atomic E-state index is 9.59. The molecule has 1 aliphatic carbocycles. The third-order valence-corrected chi connectivity index (χ3v) is 4.99. The molecule has 0 atom stereocenters. The van der Waals surface area contributed by atoms with Crippen molar-refractivity contribution < 1.29 is 4.74 Å². The fraction of sp³-hybridized carbons (Fsp3) is 0.208. The smallest absolute Gasteiger partial charge is 0.145 e. The Bertz CT molecular complexity index is 1030. The van der Waals surface area contributed by atoms with E-state index in [2.05, 4.69) is 57.2 Å². The zero-order valence-electron chi connectivity index (χ0n) is 15.3. The summed E-state index contributed by atoms with van der Waals surface area (Å²) in [5.74, 6) is 1.45. The molecule has 0 N–H and O–H groups in total. The minimum atomic E-state index is -0.000230. The number of fused-ring (bicyclic) bond motifs is 3. The van der Waals surface area contributed by atoms with E-state index < -0.39 is 0 Å². The van der Waals surface area contributed by atoms with Gasteiger partial charge in [0.15, 0.2) is 0 Å². The monoisotopic (exact) mass is 339 g/mol. The SMILES string of the molecule is CC(C)(C)c1ccc(Oc2cccc3c2Cc2ccccc2-3)c(C#N)c1. The molecule has 2 heteroatoms. The zero-order chi connectivity index (χ0) is 18.3. The molecule has 128 valence electrons. The van der Waals surface area contributed by atoms with Crippen LogP contribution in [0.2, 0.25) is 0 Å². The molecule has 26 heavy (non-hydrogen) atoms. The van der Waals surface area contributed by atoms with Crippen molar-refractivity contribution >= 4 is 0 Å². The molecule has 3 aromatic rings. The largest absolute Gasteiger partial charge is 0.456 e. The van der Waals surface area contributed by atoms with Gasteiger partial charge in [-0.3, -0.25) is 0 Å². The molecule has 0 aromatic heterocycles. The van der Waals surface area contributed by atoms with Crippen LogP contribution in [-0.2, 0) is 11.8 Å². The first-order chi connectivity index (χ1) is 12.5. The van der Waals surface area contributed by atoms with Gasteiger partial charge in [0.1, 0.15) is 17.6 Å². The van der Waals surface area contributed by atoms with Crippen LogP contribution in [0.3, 0.4) is 0 Å². The summed E-state index contributed by atoms with van der Waals surface area (Å²) in [6, 6.07) is 22.8. The fourth-order valence-electron chi connectivity index (χ4n) is 3.51. The summed E-state index contributed by atoms with van der Waals surface area (Å²) in [5, 5.41) is 9.59. The third kappa shape index (κ3) is 2.76. The molecular weight excluding hydrogens is 318 g/mol. The van der Waals surface area contributed by atoms with Gasteiger partial charge < -0.3 is 4.74 Å². The molecule has 0 aliphatic heterocycles. The molecule has 4 rings (SSSR count). The normalized spacial score (nSPS) is 12.2. The van der Waals surface area contributed by atoms with Gasteiger partial charge in [0.2, 0.25) is 0 Å². The van der Waals surface area contributed by atoms with Crippen LogP contribution in [0, 0.1) is 11.3 Å². The van der Waals surface area contributed by atoms with Crippen molar-refractivity contribution in [3.8, 4) is 28.7 Å². The molecule has 0 heterocycles. The highest BCUT2D eigenvalue weighted by Gasteiger charge is 2.22. The van der Waals surface area contributed by atoms with E-state index in [1.165, 1.54) is 22.3 Å². The van der Waals surface area contributed by atoms with Crippen molar-refractivity contribution in [3.63, 3.8) is 0 Å². The lowest BCUT2D eigenvalue weighted by atomic mass is 9.86. The lowest BCUT2D eigenvalue weighted by Gasteiger charge is -2.20. The summed E-state index contributed by atoms with van der Waals surface area (Å²) in [6.07, 6.45) is 0.865. The van der Waals surface area contributed by atoms with Gasteiger partial charge in [-0.05, 0) is 45.9 Å². The van der Waals surface area contributed by atoms with E-state index in [9.17, 15) is 5.26 Å². The molecule has 0 saturated carbocycles. The van der Waals surface area contributed by atoms with Gasteiger partial charge in [-0.1, -0.05) is 63.2 Å². The van der Waals surface area contributed by atoms with Crippen LogP contribution in [0.25, 0.3) is 11.1 Å². The standard InChI is InChI=1S/C24H21NO/c1-24(2,3)18-11-12-22(17(13-18)15-25)26-23-10-6-9-20-19-8-5-4-7-16(19)14-21(20)23/h4-13H,14H2,1-3H3. The summed E-state index contributed by atoms with van der Waals surface area (Å²) in [7, 11) is 0. The van der Waals surface area contributed by atoms with Gasteiger partial charge in [0.05, 0.1) is 5.56 Å². The first-order valence-corrected chi connectivity index (χ1v) is 8.90. The van der Waals surface area contributed by atoms with E-state index in [1.807, 2.05) is 30.3 Å². The summed E-state index contributed by atoms with van der Waals surface area (Å²) in [4.78, 5) is 0. The highest BCUT2D eigenvalue weighted by molar-refractivity contribution is 5.79. The maximum Gasteiger partial charge on any atom is 0.145 e. The van der Waals surface area contributed by atoms with Gasteiger partial charge in [-0.25, -0.2) is 0 Å². The predicted octanol–water partition coefficient (Wildman–Crippen LogP) is 6.22. The Morgan fingerprint density at radius 3 is 2.42 bits per heavy atom. The minimum absolute atomic E-state index is 0.000230. The molecule has 1 aliphatic rings. The Kier molecular flexibility index (Phi) is 3.81. The van der Waals surface area contributed by atoms with Crippen LogP contribution in [0.15, 0.2) is 60.7 Å². The zero-order valence-corrected chi connectivity index (χ0v) is 15.3. The Morgan fingerprint density at radius 1 is 0.885 bits per heavy atom. The number of benzene rings is 3. The molecule has 0 spiro atoms. The van der Waals surface area contributed by atoms with Crippen LogP contribution in [0.4, 0.5) is 0 Å².